The molecule has 1 saturated heterocycles. The Morgan fingerprint density at radius 3 is 2.52 bits per heavy atom. The molecular weight excluding hydrogens is 530 g/mol. The second-order valence-corrected chi connectivity index (χ2v) is 8.01. The van der Waals surface area contributed by atoms with Crippen LogP contribution in [0.2, 0.25) is 5.02 Å². The van der Waals surface area contributed by atoms with E-state index >= 15 is 0 Å². The Balaban J connectivity index is 0.00000341. The van der Waals surface area contributed by atoms with Gasteiger partial charge in [0.05, 0.1) is 6.54 Å². The summed E-state index contributed by atoms with van der Waals surface area (Å²) in [6.07, 6.45) is 1.05. The molecule has 31 heavy (non-hydrogen) atoms. The van der Waals surface area contributed by atoms with E-state index < -0.39 is 11.9 Å². The second-order valence-electron chi connectivity index (χ2n) is 7.58. The lowest BCUT2D eigenvalue weighted by atomic mass is 10.0. The van der Waals surface area contributed by atoms with Gasteiger partial charge in [-0.05, 0) is 43.5 Å². The van der Waals surface area contributed by atoms with E-state index in [4.69, 9.17) is 11.6 Å². The maximum absolute atomic E-state index is 13.8. The molecule has 3 rings (SSSR count). The number of rotatable bonds is 7. The van der Waals surface area contributed by atoms with Gasteiger partial charge in [0.25, 0.3) is 0 Å². The fourth-order valence-electron chi connectivity index (χ4n) is 3.62. The minimum Gasteiger partial charge on any atom is -0.386 e. The number of nitrogens with one attached hydrogen (secondary N) is 2. The Kier molecular flexibility index (Phi) is 11.0. The maximum atomic E-state index is 13.8. The molecule has 0 amide bonds. The molecular formula is C23H31ClFIN4O. The van der Waals surface area contributed by atoms with Crippen LogP contribution in [-0.2, 0) is 6.54 Å². The van der Waals surface area contributed by atoms with E-state index in [1.54, 1.807) is 18.2 Å². The van der Waals surface area contributed by atoms with Crippen molar-refractivity contribution in [2.24, 2.45) is 4.99 Å². The zero-order chi connectivity index (χ0) is 21.3. The molecule has 170 valence electrons. The van der Waals surface area contributed by atoms with Crippen LogP contribution in [0, 0.1) is 5.82 Å². The topological polar surface area (TPSA) is 59.9 Å². The molecule has 1 heterocycles. The number of nitrogens with zero attached hydrogens (tertiary/aromatic N) is 2. The molecule has 1 fully saturated rings. The first-order valence-corrected chi connectivity index (χ1v) is 10.9. The van der Waals surface area contributed by atoms with Crippen molar-refractivity contribution < 1.29 is 9.50 Å². The first-order valence-electron chi connectivity index (χ1n) is 10.5. The van der Waals surface area contributed by atoms with Gasteiger partial charge in [-0.2, -0.15) is 0 Å². The van der Waals surface area contributed by atoms with Gasteiger partial charge < -0.3 is 15.7 Å². The SMILES string of the molecule is CCNC(=NCC(O)c1ccccc1F)NC1CCN(Cc2ccc(Cl)cc2)CC1.I. The maximum Gasteiger partial charge on any atom is 0.191 e. The molecule has 1 unspecified atom stereocenters. The van der Waals surface area contributed by atoms with Crippen molar-refractivity contribution in [1.82, 2.24) is 15.5 Å². The van der Waals surface area contributed by atoms with Crippen LogP contribution in [0.15, 0.2) is 53.5 Å². The predicted octanol–water partition coefficient (Wildman–Crippen LogP) is 4.35. The zero-order valence-electron chi connectivity index (χ0n) is 17.7. The van der Waals surface area contributed by atoms with Crippen molar-refractivity contribution in [2.75, 3.05) is 26.2 Å². The van der Waals surface area contributed by atoms with E-state index in [2.05, 4.69) is 32.7 Å². The summed E-state index contributed by atoms with van der Waals surface area (Å²) in [4.78, 5) is 6.91. The third-order valence-corrected chi connectivity index (χ3v) is 5.53. The highest BCUT2D eigenvalue weighted by Gasteiger charge is 2.20. The Hall–Kier alpha value is -1.42. The average molecular weight is 561 g/mol. The van der Waals surface area contributed by atoms with Gasteiger partial charge in [0.15, 0.2) is 5.96 Å². The molecule has 1 atom stereocenters. The highest BCUT2D eigenvalue weighted by atomic mass is 127. The molecule has 2 aromatic carbocycles. The zero-order valence-corrected chi connectivity index (χ0v) is 20.8. The van der Waals surface area contributed by atoms with Gasteiger partial charge in [-0.15, -0.1) is 24.0 Å². The molecule has 0 aliphatic carbocycles. The van der Waals surface area contributed by atoms with E-state index in [9.17, 15) is 9.50 Å². The van der Waals surface area contributed by atoms with Crippen molar-refractivity contribution in [3.63, 3.8) is 0 Å². The molecule has 0 saturated carbocycles. The Bertz CT molecular complexity index is 829. The summed E-state index contributed by atoms with van der Waals surface area (Å²) in [7, 11) is 0. The number of halogens is 3. The number of piperidine rings is 1. The largest absolute Gasteiger partial charge is 0.386 e. The lowest BCUT2D eigenvalue weighted by molar-refractivity contribution is 0.181. The molecule has 0 radical (unpaired) electrons. The summed E-state index contributed by atoms with van der Waals surface area (Å²) in [6, 6.07) is 14.6. The van der Waals surface area contributed by atoms with E-state index in [1.165, 1.54) is 11.6 Å². The molecule has 1 aliphatic heterocycles. The van der Waals surface area contributed by atoms with Crippen molar-refractivity contribution in [3.8, 4) is 0 Å². The molecule has 1 aliphatic rings. The summed E-state index contributed by atoms with van der Waals surface area (Å²) in [5.41, 5.74) is 1.54. The summed E-state index contributed by atoms with van der Waals surface area (Å²) in [6.45, 7) is 5.74. The Labute approximate surface area is 206 Å². The van der Waals surface area contributed by atoms with Gasteiger partial charge in [0.1, 0.15) is 11.9 Å². The van der Waals surface area contributed by atoms with Gasteiger partial charge in [-0.1, -0.05) is 41.9 Å². The fraction of sp³-hybridized carbons (Fsp3) is 0.435. The van der Waals surface area contributed by atoms with Crippen LogP contribution in [0.5, 0.6) is 0 Å². The van der Waals surface area contributed by atoms with Crippen LogP contribution in [0.3, 0.4) is 0 Å². The average Bonchev–Trinajstić information content (AvgIpc) is 2.75. The van der Waals surface area contributed by atoms with Crippen LogP contribution >= 0.6 is 35.6 Å². The monoisotopic (exact) mass is 560 g/mol. The normalized spacial score (nSPS) is 16.5. The summed E-state index contributed by atoms with van der Waals surface area (Å²) >= 11 is 5.96. The van der Waals surface area contributed by atoms with Gasteiger partial charge in [-0.3, -0.25) is 9.89 Å². The van der Waals surface area contributed by atoms with E-state index in [-0.39, 0.29) is 36.1 Å². The van der Waals surface area contributed by atoms with Crippen LogP contribution in [0.4, 0.5) is 4.39 Å². The number of benzene rings is 2. The Morgan fingerprint density at radius 1 is 1.19 bits per heavy atom. The molecule has 0 aromatic heterocycles. The van der Waals surface area contributed by atoms with Crippen molar-refractivity contribution in [3.05, 3.63) is 70.5 Å². The van der Waals surface area contributed by atoms with Crippen LogP contribution < -0.4 is 10.6 Å². The lowest BCUT2D eigenvalue weighted by Gasteiger charge is -2.33. The third kappa shape index (κ3) is 8.21. The van der Waals surface area contributed by atoms with E-state index in [1.807, 2.05) is 19.1 Å². The predicted molar refractivity (Wildman–Crippen MR) is 136 cm³/mol. The molecule has 8 heteroatoms. The quantitative estimate of drug-likeness (QED) is 0.268. The molecule has 0 bridgehead atoms. The standard InChI is InChI=1S/C23H30ClFN4O.HI/c1-2-26-23(27-15-22(30)20-5-3-4-6-21(20)25)28-19-11-13-29(14-12-19)16-17-7-9-18(24)10-8-17;/h3-10,19,22,30H,2,11-16H2,1H3,(H2,26,27,28);1H. The fourth-order valence-corrected chi connectivity index (χ4v) is 3.74. The number of aliphatic hydroxyl groups is 1. The molecule has 0 spiro atoms. The van der Waals surface area contributed by atoms with E-state index in [0.717, 1.165) is 44.0 Å². The summed E-state index contributed by atoms with van der Waals surface area (Å²) in [5, 5.41) is 17.7. The first kappa shape index (κ1) is 25.8. The van der Waals surface area contributed by atoms with Crippen molar-refractivity contribution in [2.45, 2.75) is 38.5 Å². The minimum atomic E-state index is -0.970. The van der Waals surface area contributed by atoms with Crippen molar-refractivity contribution in [1.29, 1.82) is 0 Å². The number of hydrogen-bond acceptors (Lipinski definition) is 3. The first-order chi connectivity index (χ1) is 14.5. The van der Waals surface area contributed by atoms with Gasteiger partial charge in [0.2, 0.25) is 0 Å². The van der Waals surface area contributed by atoms with Gasteiger partial charge in [-0.25, -0.2) is 4.39 Å². The highest BCUT2D eigenvalue weighted by molar-refractivity contribution is 14.0. The number of aliphatic hydroxyl groups excluding tert-OH is 1. The summed E-state index contributed by atoms with van der Waals surface area (Å²) < 4.78 is 13.8. The van der Waals surface area contributed by atoms with Crippen LogP contribution in [0.25, 0.3) is 0 Å². The smallest absolute Gasteiger partial charge is 0.191 e. The minimum absolute atomic E-state index is 0. The number of aliphatic imine (C=N–C) groups is 1. The summed E-state index contributed by atoms with van der Waals surface area (Å²) in [5.74, 6) is 0.246. The molecule has 2 aromatic rings. The third-order valence-electron chi connectivity index (χ3n) is 5.28. The van der Waals surface area contributed by atoms with Gasteiger partial charge in [0, 0.05) is 42.8 Å². The number of likely N-dealkylation sites (tertiary alicyclic amines) is 1. The van der Waals surface area contributed by atoms with Crippen LogP contribution in [0.1, 0.15) is 37.0 Å². The lowest BCUT2D eigenvalue weighted by Crippen LogP contribution is -2.48. The Morgan fingerprint density at radius 2 is 1.87 bits per heavy atom. The number of guanidine groups is 1. The van der Waals surface area contributed by atoms with Crippen LogP contribution in [-0.4, -0.2) is 48.2 Å². The second kappa shape index (κ2) is 13.2. The van der Waals surface area contributed by atoms with Crippen molar-refractivity contribution >= 4 is 41.5 Å². The van der Waals surface area contributed by atoms with Gasteiger partial charge >= 0.3 is 0 Å². The number of hydrogen-bond donors (Lipinski definition) is 3. The molecule has 5 nitrogen and oxygen atoms in total. The highest BCUT2D eigenvalue weighted by Crippen LogP contribution is 2.18. The molecule has 3 N–H and O–H groups in total. The van der Waals surface area contributed by atoms with E-state index in [0.29, 0.717) is 12.0 Å².